The van der Waals surface area contributed by atoms with E-state index in [-0.39, 0.29) is 17.9 Å². The third kappa shape index (κ3) is 5.30. The van der Waals surface area contributed by atoms with Crippen molar-refractivity contribution in [2.75, 3.05) is 43.4 Å². The standard InChI is InChI=1S/C22H25Cl2N5O2S/c1-15-13-28(10-11-29(15)21(31)16-6-2-3-7-17(16)23)19-12-18(24)25-22(26-19)32-14-20(30)27-8-4-5-9-27/h2-3,6-7,12,15H,4-5,8-11,13-14H2,1H3. The van der Waals surface area contributed by atoms with Crippen molar-refractivity contribution in [2.45, 2.75) is 31.0 Å². The fraction of sp³-hybridized carbons (Fsp3) is 0.455. The molecule has 2 saturated heterocycles. The molecule has 0 aliphatic carbocycles. The van der Waals surface area contributed by atoms with E-state index in [1.807, 2.05) is 28.9 Å². The number of hydrogen-bond donors (Lipinski definition) is 0. The van der Waals surface area contributed by atoms with Crippen molar-refractivity contribution in [3.8, 4) is 0 Å². The second kappa shape index (κ2) is 10.3. The number of halogens is 2. The summed E-state index contributed by atoms with van der Waals surface area (Å²) >= 11 is 13.8. The maximum atomic E-state index is 13.0. The maximum Gasteiger partial charge on any atom is 0.255 e. The number of carbonyl (C=O) groups is 2. The Hall–Kier alpha value is -2.03. The van der Waals surface area contributed by atoms with E-state index in [1.165, 1.54) is 11.8 Å². The third-order valence-corrected chi connectivity index (χ3v) is 7.12. The lowest BCUT2D eigenvalue weighted by Gasteiger charge is -2.40. The van der Waals surface area contributed by atoms with Gasteiger partial charge in [-0.1, -0.05) is 47.1 Å². The number of nitrogens with zero attached hydrogens (tertiary/aromatic N) is 5. The topological polar surface area (TPSA) is 69.6 Å². The Balaban J connectivity index is 1.40. The number of hydrogen-bond acceptors (Lipinski definition) is 6. The molecule has 7 nitrogen and oxygen atoms in total. The Bertz CT molecular complexity index is 1000. The molecule has 2 aromatic rings. The summed E-state index contributed by atoms with van der Waals surface area (Å²) in [6.45, 7) is 5.44. The van der Waals surface area contributed by atoms with Crippen molar-refractivity contribution in [3.63, 3.8) is 0 Å². The quantitative estimate of drug-likeness (QED) is 0.358. The molecule has 2 aliphatic rings. The molecule has 0 saturated carbocycles. The van der Waals surface area contributed by atoms with Gasteiger partial charge in [0.25, 0.3) is 5.91 Å². The predicted octanol–water partition coefficient (Wildman–Crippen LogP) is 3.85. The van der Waals surface area contributed by atoms with Gasteiger partial charge in [-0.25, -0.2) is 9.97 Å². The van der Waals surface area contributed by atoms with Crippen molar-refractivity contribution in [2.24, 2.45) is 0 Å². The van der Waals surface area contributed by atoms with Gasteiger partial charge in [0, 0.05) is 44.8 Å². The van der Waals surface area contributed by atoms with Crippen LogP contribution in [0, 0.1) is 0 Å². The number of amides is 2. The van der Waals surface area contributed by atoms with E-state index in [0.29, 0.717) is 52.1 Å². The van der Waals surface area contributed by atoms with Crippen molar-refractivity contribution in [1.82, 2.24) is 19.8 Å². The summed E-state index contributed by atoms with van der Waals surface area (Å²) in [5.41, 5.74) is 0.515. The van der Waals surface area contributed by atoms with Gasteiger partial charge in [-0.15, -0.1) is 0 Å². The molecule has 32 heavy (non-hydrogen) atoms. The average molecular weight is 494 g/mol. The van der Waals surface area contributed by atoms with Crippen LogP contribution >= 0.6 is 35.0 Å². The van der Waals surface area contributed by atoms with Gasteiger partial charge in [-0.05, 0) is 31.9 Å². The van der Waals surface area contributed by atoms with Gasteiger partial charge in [0.2, 0.25) is 5.91 Å². The molecule has 1 aromatic carbocycles. The van der Waals surface area contributed by atoms with E-state index in [0.717, 1.165) is 25.9 Å². The highest BCUT2D eigenvalue weighted by Gasteiger charge is 2.30. The van der Waals surface area contributed by atoms with Crippen LogP contribution in [0.5, 0.6) is 0 Å². The minimum absolute atomic E-state index is 0.0332. The Morgan fingerprint density at radius 3 is 2.56 bits per heavy atom. The molecule has 10 heteroatoms. The zero-order chi connectivity index (χ0) is 22.7. The van der Waals surface area contributed by atoms with E-state index in [2.05, 4.69) is 14.9 Å². The Morgan fingerprint density at radius 1 is 1.09 bits per heavy atom. The predicted molar refractivity (Wildman–Crippen MR) is 128 cm³/mol. The van der Waals surface area contributed by atoms with Gasteiger partial charge in [-0.3, -0.25) is 9.59 Å². The van der Waals surface area contributed by atoms with E-state index < -0.39 is 0 Å². The molecule has 0 radical (unpaired) electrons. The zero-order valence-electron chi connectivity index (χ0n) is 17.8. The van der Waals surface area contributed by atoms with Gasteiger partial charge in [0.15, 0.2) is 5.16 Å². The number of carbonyl (C=O) groups excluding carboxylic acids is 2. The van der Waals surface area contributed by atoms with Gasteiger partial charge in [0.1, 0.15) is 11.0 Å². The zero-order valence-corrected chi connectivity index (χ0v) is 20.2. The van der Waals surface area contributed by atoms with Crippen LogP contribution in [0.15, 0.2) is 35.5 Å². The molecule has 0 bridgehead atoms. The molecular weight excluding hydrogens is 469 g/mol. The van der Waals surface area contributed by atoms with Gasteiger partial charge in [-0.2, -0.15) is 0 Å². The van der Waals surface area contributed by atoms with Crippen LogP contribution in [0.2, 0.25) is 10.2 Å². The molecule has 3 heterocycles. The number of rotatable bonds is 5. The van der Waals surface area contributed by atoms with Crippen LogP contribution in [-0.2, 0) is 4.79 Å². The summed E-state index contributed by atoms with van der Waals surface area (Å²) in [6, 6.07) is 8.80. The largest absolute Gasteiger partial charge is 0.353 e. The van der Waals surface area contributed by atoms with Crippen LogP contribution in [0.1, 0.15) is 30.1 Å². The Morgan fingerprint density at radius 2 is 1.84 bits per heavy atom. The van der Waals surface area contributed by atoms with Crippen LogP contribution in [0.4, 0.5) is 5.82 Å². The highest BCUT2D eigenvalue weighted by atomic mass is 35.5. The SMILES string of the molecule is CC1CN(c2cc(Cl)nc(SCC(=O)N3CCCC3)n2)CCN1C(=O)c1ccccc1Cl. The number of piperazine rings is 1. The van der Waals surface area contributed by atoms with Crippen molar-refractivity contribution < 1.29 is 9.59 Å². The highest BCUT2D eigenvalue weighted by Crippen LogP contribution is 2.26. The minimum Gasteiger partial charge on any atom is -0.353 e. The molecule has 170 valence electrons. The highest BCUT2D eigenvalue weighted by molar-refractivity contribution is 7.99. The van der Waals surface area contributed by atoms with E-state index >= 15 is 0 Å². The maximum absolute atomic E-state index is 13.0. The second-order valence-electron chi connectivity index (χ2n) is 7.98. The normalized spacial score (nSPS) is 18.8. The Labute approximate surface area is 202 Å². The lowest BCUT2D eigenvalue weighted by molar-refractivity contribution is -0.127. The van der Waals surface area contributed by atoms with E-state index in [4.69, 9.17) is 23.2 Å². The Kier molecular flexibility index (Phi) is 7.43. The lowest BCUT2D eigenvalue weighted by Crippen LogP contribution is -2.54. The number of thioether (sulfide) groups is 1. The summed E-state index contributed by atoms with van der Waals surface area (Å²) in [5, 5.41) is 1.29. The fourth-order valence-corrected chi connectivity index (χ4v) is 5.25. The number of anilines is 1. The van der Waals surface area contributed by atoms with Gasteiger partial charge < -0.3 is 14.7 Å². The molecule has 1 aromatic heterocycles. The van der Waals surface area contributed by atoms with Crippen LogP contribution in [-0.4, -0.2) is 76.1 Å². The van der Waals surface area contributed by atoms with Crippen molar-refractivity contribution in [1.29, 1.82) is 0 Å². The monoisotopic (exact) mass is 493 g/mol. The summed E-state index contributed by atoms with van der Waals surface area (Å²) in [5.74, 6) is 1.05. The van der Waals surface area contributed by atoms with E-state index in [1.54, 1.807) is 18.2 Å². The van der Waals surface area contributed by atoms with Crippen molar-refractivity contribution >= 4 is 52.6 Å². The molecule has 2 fully saturated rings. The van der Waals surface area contributed by atoms with Crippen LogP contribution in [0.3, 0.4) is 0 Å². The molecular formula is C22H25Cl2N5O2S. The first kappa shape index (κ1) is 23.1. The second-order valence-corrected chi connectivity index (χ2v) is 9.72. The molecule has 2 aliphatic heterocycles. The summed E-state index contributed by atoms with van der Waals surface area (Å²) in [7, 11) is 0. The molecule has 1 atom stereocenters. The average Bonchev–Trinajstić information content (AvgIpc) is 3.32. The number of aromatic nitrogens is 2. The first-order chi connectivity index (χ1) is 15.4. The van der Waals surface area contributed by atoms with Crippen LogP contribution in [0.25, 0.3) is 0 Å². The first-order valence-corrected chi connectivity index (χ1v) is 12.4. The lowest BCUT2D eigenvalue weighted by atomic mass is 10.1. The number of likely N-dealkylation sites (tertiary alicyclic amines) is 1. The molecule has 1 unspecified atom stereocenters. The molecule has 2 amide bonds. The molecule has 0 spiro atoms. The fourth-order valence-electron chi connectivity index (χ4n) is 4.05. The first-order valence-electron chi connectivity index (χ1n) is 10.7. The van der Waals surface area contributed by atoms with Crippen molar-refractivity contribution in [3.05, 3.63) is 46.1 Å². The molecule has 0 N–H and O–H groups in total. The van der Waals surface area contributed by atoms with Gasteiger partial charge in [0.05, 0.1) is 16.3 Å². The summed E-state index contributed by atoms with van der Waals surface area (Å²) < 4.78 is 0. The van der Waals surface area contributed by atoms with E-state index in [9.17, 15) is 9.59 Å². The number of benzene rings is 1. The molecule has 4 rings (SSSR count). The van der Waals surface area contributed by atoms with Crippen LogP contribution < -0.4 is 4.90 Å². The minimum atomic E-state index is -0.0693. The smallest absolute Gasteiger partial charge is 0.255 e. The summed E-state index contributed by atoms with van der Waals surface area (Å²) in [6.07, 6.45) is 2.13. The van der Waals surface area contributed by atoms with Gasteiger partial charge >= 0.3 is 0 Å². The third-order valence-electron chi connectivity index (χ3n) is 5.76. The summed E-state index contributed by atoms with van der Waals surface area (Å²) in [4.78, 5) is 40.0.